The van der Waals surface area contributed by atoms with Crippen LogP contribution in [0.3, 0.4) is 0 Å². The highest BCUT2D eigenvalue weighted by molar-refractivity contribution is 7.13. The molecule has 0 radical (unpaired) electrons. The minimum Gasteiger partial charge on any atom is -0.322 e. The summed E-state index contributed by atoms with van der Waals surface area (Å²) in [5.41, 5.74) is 5.29. The zero-order valence-electron chi connectivity index (χ0n) is 17.0. The highest BCUT2D eigenvalue weighted by Crippen LogP contribution is 2.37. The van der Waals surface area contributed by atoms with Crippen molar-refractivity contribution in [1.29, 1.82) is 5.26 Å². The predicted molar refractivity (Wildman–Crippen MR) is 123 cm³/mol. The molecule has 2 heterocycles. The summed E-state index contributed by atoms with van der Waals surface area (Å²) in [4.78, 5) is 23.7. The van der Waals surface area contributed by atoms with Crippen LogP contribution in [0.15, 0.2) is 72.5 Å². The van der Waals surface area contributed by atoms with Gasteiger partial charge in [0.05, 0.1) is 29.2 Å². The fourth-order valence-corrected chi connectivity index (χ4v) is 3.90. The molecule has 0 aliphatic rings. The van der Waals surface area contributed by atoms with Gasteiger partial charge in [-0.3, -0.25) is 14.7 Å². The molecule has 0 bridgehead atoms. The molecule has 0 spiro atoms. The average molecular weight is 426 g/mol. The van der Waals surface area contributed by atoms with Crippen LogP contribution in [0.1, 0.15) is 27.0 Å². The van der Waals surface area contributed by atoms with Crippen molar-refractivity contribution in [3.8, 4) is 6.07 Å². The number of anilines is 4. The van der Waals surface area contributed by atoms with E-state index in [1.54, 1.807) is 42.9 Å². The van der Waals surface area contributed by atoms with Crippen LogP contribution in [0.25, 0.3) is 0 Å². The lowest BCUT2D eigenvalue weighted by molar-refractivity contribution is 0.102. The van der Waals surface area contributed by atoms with Gasteiger partial charge in [0.25, 0.3) is 5.91 Å². The maximum atomic E-state index is 13.0. The summed E-state index contributed by atoms with van der Waals surface area (Å²) in [6.07, 6.45) is 5.25. The molecule has 0 saturated carbocycles. The summed E-state index contributed by atoms with van der Waals surface area (Å²) < 4.78 is 0. The number of pyridine rings is 1. The van der Waals surface area contributed by atoms with E-state index in [1.165, 1.54) is 11.3 Å². The van der Waals surface area contributed by atoms with Gasteiger partial charge in [0.1, 0.15) is 0 Å². The second-order valence-electron chi connectivity index (χ2n) is 6.96. The maximum Gasteiger partial charge on any atom is 0.255 e. The maximum absolute atomic E-state index is 13.0. The molecule has 1 N–H and O–H groups in total. The lowest BCUT2D eigenvalue weighted by Gasteiger charge is -2.24. The third kappa shape index (κ3) is 4.29. The Kier molecular flexibility index (Phi) is 5.74. The number of nitriles is 1. The van der Waals surface area contributed by atoms with Crippen molar-refractivity contribution in [2.45, 2.75) is 13.8 Å². The Labute approximate surface area is 184 Å². The Hall–Kier alpha value is -4.02. The number of hydrogen-bond donors (Lipinski definition) is 1. The fourth-order valence-electron chi connectivity index (χ4n) is 3.23. The first-order valence-corrected chi connectivity index (χ1v) is 10.5. The summed E-state index contributed by atoms with van der Waals surface area (Å²) in [5, 5.41) is 14.7. The van der Waals surface area contributed by atoms with Gasteiger partial charge in [0.2, 0.25) is 0 Å². The molecule has 2 aromatic heterocycles. The highest BCUT2D eigenvalue weighted by Gasteiger charge is 2.19. The lowest BCUT2D eigenvalue weighted by Crippen LogP contribution is -2.15. The summed E-state index contributed by atoms with van der Waals surface area (Å²) >= 11 is 1.51. The summed E-state index contributed by atoms with van der Waals surface area (Å²) in [6, 6.07) is 16.8. The van der Waals surface area contributed by atoms with E-state index in [4.69, 9.17) is 5.26 Å². The highest BCUT2D eigenvalue weighted by atomic mass is 32.1. The van der Waals surface area contributed by atoms with Crippen LogP contribution in [-0.4, -0.2) is 15.9 Å². The van der Waals surface area contributed by atoms with Crippen molar-refractivity contribution >= 4 is 39.4 Å². The molecular weight excluding hydrogens is 406 g/mol. The average Bonchev–Trinajstić information content (AvgIpc) is 3.30. The fraction of sp³-hybridized carbons (Fsp3) is 0.0833. The number of amides is 1. The molecule has 0 unspecified atom stereocenters. The number of aromatic nitrogens is 2. The molecule has 0 aliphatic carbocycles. The van der Waals surface area contributed by atoms with E-state index in [-0.39, 0.29) is 5.91 Å². The minimum atomic E-state index is -0.226. The number of benzene rings is 2. The second-order valence-corrected chi connectivity index (χ2v) is 7.83. The van der Waals surface area contributed by atoms with E-state index < -0.39 is 0 Å². The van der Waals surface area contributed by atoms with E-state index in [0.29, 0.717) is 16.8 Å². The quantitative estimate of drug-likeness (QED) is 0.440. The van der Waals surface area contributed by atoms with E-state index in [1.807, 2.05) is 48.4 Å². The van der Waals surface area contributed by atoms with Crippen LogP contribution in [-0.2, 0) is 0 Å². The molecular formula is C24H19N5OS. The van der Waals surface area contributed by atoms with Crippen molar-refractivity contribution in [3.63, 3.8) is 0 Å². The topological polar surface area (TPSA) is 81.9 Å². The Morgan fingerprint density at radius 3 is 2.65 bits per heavy atom. The number of thiazole rings is 1. The Bertz CT molecular complexity index is 1260. The van der Waals surface area contributed by atoms with Gasteiger partial charge in [0, 0.05) is 29.0 Å². The number of carbonyl (C=O) groups is 1. The molecule has 4 aromatic rings. The van der Waals surface area contributed by atoms with Crippen molar-refractivity contribution in [3.05, 3.63) is 94.8 Å². The van der Waals surface area contributed by atoms with Crippen molar-refractivity contribution in [1.82, 2.24) is 9.97 Å². The number of hydrogen-bond acceptors (Lipinski definition) is 6. The van der Waals surface area contributed by atoms with E-state index in [9.17, 15) is 4.79 Å². The van der Waals surface area contributed by atoms with Crippen molar-refractivity contribution in [2.75, 3.05) is 10.2 Å². The number of aryl methyl sites for hydroxylation is 2. The smallest absolute Gasteiger partial charge is 0.255 e. The van der Waals surface area contributed by atoms with Crippen LogP contribution < -0.4 is 10.2 Å². The van der Waals surface area contributed by atoms with Crippen LogP contribution in [0.5, 0.6) is 0 Å². The molecule has 0 aliphatic heterocycles. The normalized spacial score (nSPS) is 10.4. The molecule has 2 aromatic carbocycles. The Balaban J connectivity index is 1.70. The Morgan fingerprint density at radius 2 is 1.97 bits per heavy atom. The minimum absolute atomic E-state index is 0.226. The van der Waals surface area contributed by atoms with E-state index in [0.717, 1.165) is 27.6 Å². The molecule has 6 nitrogen and oxygen atoms in total. The number of rotatable bonds is 5. The third-order valence-electron chi connectivity index (χ3n) is 4.83. The second kappa shape index (κ2) is 8.78. The zero-order valence-corrected chi connectivity index (χ0v) is 17.9. The predicted octanol–water partition coefficient (Wildman–Crippen LogP) is 5.75. The van der Waals surface area contributed by atoms with Gasteiger partial charge in [-0.05, 0) is 67.4 Å². The molecule has 0 saturated heterocycles. The summed E-state index contributed by atoms with van der Waals surface area (Å²) in [6.45, 7) is 3.84. The SMILES string of the molecule is Cc1cc(NC(=O)c2ccc(C)c(N(c3cccnc3)c3nccs3)c2)ccc1C#N. The van der Waals surface area contributed by atoms with Crippen molar-refractivity contribution < 1.29 is 4.79 Å². The largest absolute Gasteiger partial charge is 0.322 e. The van der Waals surface area contributed by atoms with E-state index in [2.05, 4.69) is 21.4 Å². The molecule has 7 heteroatoms. The first-order valence-electron chi connectivity index (χ1n) is 9.59. The van der Waals surface area contributed by atoms with Gasteiger partial charge in [0.15, 0.2) is 5.13 Å². The Morgan fingerprint density at radius 1 is 1.10 bits per heavy atom. The molecule has 31 heavy (non-hydrogen) atoms. The molecule has 152 valence electrons. The van der Waals surface area contributed by atoms with Crippen LogP contribution in [0, 0.1) is 25.2 Å². The third-order valence-corrected chi connectivity index (χ3v) is 5.59. The van der Waals surface area contributed by atoms with Gasteiger partial charge < -0.3 is 5.32 Å². The van der Waals surface area contributed by atoms with Crippen LogP contribution >= 0.6 is 11.3 Å². The first kappa shape index (κ1) is 20.3. The number of nitrogens with zero attached hydrogens (tertiary/aromatic N) is 4. The van der Waals surface area contributed by atoms with Gasteiger partial charge >= 0.3 is 0 Å². The van der Waals surface area contributed by atoms with Crippen LogP contribution in [0.4, 0.5) is 22.2 Å². The van der Waals surface area contributed by atoms with Gasteiger partial charge in [-0.1, -0.05) is 6.07 Å². The van der Waals surface area contributed by atoms with E-state index >= 15 is 0 Å². The molecule has 4 rings (SSSR count). The number of carbonyl (C=O) groups excluding carboxylic acids is 1. The van der Waals surface area contributed by atoms with Gasteiger partial charge in [-0.15, -0.1) is 11.3 Å². The zero-order chi connectivity index (χ0) is 21.8. The monoisotopic (exact) mass is 425 g/mol. The lowest BCUT2D eigenvalue weighted by atomic mass is 10.1. The summed E-state index contributed by atoms with van der Waals surface area (Å²) in [7, 11) is 0. The molecule has 1 amide bonds. The van der Waals surface area contributed by atoms with Crippen LogP contribution in [0.2, 0.25) is 0 Å². The molecule has 0 atom stereocenters. The standard InChI is InChI=1S/C24H19N5OS/c1-16-5-6-18(23(30)28-20-8-7-19(14-25)17(2)12-20)13-22(16)29(24-27-10-11-31-24)21-4-3-9-26-15-21/h3-13,15H,1-2H3,(H,28,30). The van der Waals surface area contributed by atoms with Gasteiger partial charge in [-0.2, -0.15) is 5.26 Å². The number of nitrogens with one attached hydrogen (secondary N) is 1. The first-order chi connectivity index (χ1) is 15.1. The summed E-state index contributed by atoms with van der Waals surface area (Å²) in [5.74, 6) is -0.226. The molecule has 0 fully saturated rings. The van der Waals surface area contributed by atoms with Gasteiger partial charge in [-0.25, -0.2) is 4.98 Å². The van der Waals surface area contributed by atoms with Crippen molar-refractivity contribution in [2.24, 2.45) is 0 Å².